The third-order valence-electron chi connectivity index (χ3n) is 10.5. The zero-order valence-corrected chi connectivity index (χ0v) is 28.6. The number of nitrogens with zero attached hydrogens (tertiary/aromatic N) is 2. The van der Waals surface area contributed by atoms with E-state index in [9.17, 15) is 0 Å². The molecule has 4 aliphatic rings. The molecule has 0 spiro atoms. The Morgan fingerprint density at radius 2 is 1.58 bits per heavy atom. The van der Waals surface area contributed by atoms with Crippen molar-refractivity contribution in [3.63, 3.8) is 0 Å². The lowest BCUT2D eigenvalue weighted by Gasteiger charge is -2.47. The van der Waals surface area contributed by atoms with E-state index in [4.69, 9.17) is 4.99 Å². The van der Waals surface area contributed by atoms with E-state index < -0.39 is 0 Å². The first-order valence-electron chi connectivity index (χ1n) is 17.8. The van der Waals surface area contributed by atoms with Crippen LogP contribution < -0.4 is 5.32 Å². The highest BCUT2D eigenvalue weighted by Crippen LogP contribution is 2.48. The average Bonchev–Trinajstić information content (AvgIpc) is 3.20. The first-order valence-corrected chi connectivity index (χ1v) is 17.8. The number of likely N-dealkylation sites (N-methyl/N-ethyl adjacent to an activating group) is 1. The van der Waals surface area contributed by atoms with Crippen LogP contribution in [0.1, 0.15) is 64.7 Å². The highest BCUT2D eigenvalue weighted by molar-refractivity contribution is 6.13. The molecule has 8 rings (SSSR count). The molecule has 4 atom stereocenters. The largest absolute Gasteiger partial charge is 0.369 e. The minimum absolute atomic E-state index is 0.156. The summed E-state index contributed by atoms with van der Waals surface area (Å²) in [4.78, 5) is 7.76. The SMILES string of the molecule is C=C/C(C1=CC=CCC1)=C1/c2ccccc2C(c2cccc(C3=CC(c4ccccc4)=NC(c4ccccc4)N3)c2)C(C2C=CC=CC2)N1C. The highest BCUT2D eigenvalue weighted by Gasteiger charge is 2.41. The van der Waals surface area contributed by atoms with Crippen molar-refractivity contribution in [1.82, 2.24) is 10.2 Å². The second-order valence-electron chi connectivity index (χ2n) is 13.5. The van der Waals surface area contributed by atoms with Crippen molar-refractivity contribution < 1.29 is 0 Å². The van der Waals surface area contributed by atoms with E-state index in [2.05, 4.69) is 188 Å². The van der Waals surface area contributed by atoms with Crippen LogP contribution in [0.3, 0.4) is 0 Å². The van der Waals surface area contributed by atoms with E-state index in [1.165, 1.54) is 33.5 Å². The van der Waals surface area contributed by atoms with Gasteiger partial charge in [0.2, 0.25) is 0 Å². The Kier molecular flexibility index (Phi) is 8.88. The van der Waals surface area contributed by atoms with Gasteiger partial charge in [-0.05, 0) is 64.8 Å². The molecule has 2 aliphatic heterocycles. The first-order chi connectivity index (χ1) is 24.7. The van der Waals surface area contributed by atoms with Gasteiger partial charge >= 0.3 is 0 Å². The van der Waals surface area contributed by atoms with E-state index in [1.807, 2.05) is 0 Å². The fourth-order valence-corrected chi connectivity index (χ4v) is 8.20. The molecule has 0 aromatic heterocycles. The molecular formula is C47H43N3. The van der Waals surface area contributed by atoms with Gasteiger partial charge in [0.25, 0.3) is 0 Å². The maximum Gasteiger partial charge on any atom is 0.145 e. The van der Waals surface area contributed by atoms with Crippen LogP contribution in [-0.2, 0) is 0 Å². The number of hydrogen-bond donors (Lipinski definition) is 1. The predicted molar refractivity (Wildman–Crippen MR) is 210 cm³/mol. The normalized spacial score (nSPS) is 23.6. The van der Waals surface area contributed by atoms with Crippen LogP contribution in [0.5, 0.6) is 0 Å². The lowest BCUT2D eigenvalue weighted by atomic mass is 9.71. The Bertz CT molecular complexity index is 2110. The Balaban J connectivity index is 1.27. The summed E-state index contributed by atoms with van der Waals surface area (Å²) in [5.74, 6) is 0.503. The molecule has 4 aromatic carbocycles. The van der Waals surface area contributed by atoms with Crippen molar-refractivity contribution in [2.75, 3.05) is 7.05 Å². The van der Waals surface area contributed by atoms with Crippen LogP contribution in [0.15, 0.2) is 187 Å². The summed E-state index contributed by atoms with van der Waals surface area (Å²) in [6, 6.07) is 39.5. The number of hydrogen-bond acceptors (Lipinski definition) is 3. The topological polar surface area (TPSA) is 27.6 Å². The molecule has 3 nitrogen and oxygen atoms in total. The summed E-state index contributed by atoms with van der Waals surface area (Å²) in [5, 5.41) is 3.80. The molecule has 4 aromatic rings. The summed E-state index contributed by atoms with van der Waals surface area (Å²) < 4.78 is 0. The van der Waals surface area contributed by atoms with Gasteiger partial charge in [-0.15, -0.1) is 0 Å². The molecule has 0 saturated heterocycles. The lowest BCUT2D eigenvalue weighted by molar-refractivity contribution is 0.243. The lowest BCUT2D eigenvalue weighted by Crippen LogP contribution is -2.45. The smallest absolute Gasteiger partial charge is 0.145 e. The van der Waals surface area contributed by atoms with Crippen molar-refractivity contribution in [3.05, 3.63) is 215 Å². The van der Waals surface area contributed by atoms with E-state index in [-0.39, 0.29) is 18.1 Å². The molecule has 0 bridgehead atoms. The van der Waals surface area contributed by atoms with E-state index in [1.54, 1.807) is 0 Å². The quantitative estimate of drug-likeness (QED) is 0.216. The summed E-state index contributed by atoms with van der Waals surface area (Å²) in [6.45, 7) is 4.36. The van der Waals surface area contributed by atoms with Crippen molar-refractivity contribution in [3.8, 4) is 0 Å². The molecule has 50 heavy (non-hydrogen) atoms. The van der Waals surface area contributed by atoms with Gasteiger partial charge < -0.3 is 10.2 Å². The summed E-state index contributed by atoms with van der Waals surface area (Å²) in [6.07, 6.45) is 23.1. The Labute approximate surface area is 296 Å². The van der Waals surface area contributed by atoms with Crippen molar-refractivity contribution >= 4 is 17.1 Å². The minimum atomic E-state index is -0.183. The second kappa shape index (κ2) is 14.1. The summed E-state index contributed by atoms with van der Waals surface area (Å²) in [7, 11) is 2.31. The van der Waals surface area contributed by atoms with E-state index >= 15 is 0 Å². The molecule has 2 aliphatic carbocycles. The fraction of sp³-hybridized carbons (Fsp3) is 0.170. The molecular weight excluding hydrogens is 607 g/mol. The maximum atomic E-state index is 5.18. The predicted octanol–water partition coefficient (Wildman–Crippen LogP) is 10.6. The Hall–Kier alpha value is -5.67. The van der Waals surface area contributed by atoms with E-state index in [0.717, 1.165) is 47.4 Å². The zero-order valence-electron chi connectivity index (χ0n) is 28.6. The fourth-order valence-electron chi connectivity index (χ4n) is 8.20. The zero-order chi connectivity index (χ0) is 33.9. The second-order valence-corrected chi connectivity index (χ2v) is 13.5. The van der Waals surface area contributed by atoms with Crippen LogP contribution in [-0.4, -0.2) is 23.7 Å². The van der Waals surface area contributed by atoms with Crippen LogP contribution in [0.4, 0.5) is 0 Å². The van der Waals surface area contributed by atoms with Gasteiger partial charge in [-0.25, -0.2) is 0 Å². The highest BCUT2D eigenvalue weighted by atomic mass is 15.2. The Morgan fingerprint density at radius 3 is 2.34 bits per heavy atom. The number of nitrogens with one attached hydrogen (secondary N) is 1. The van der Waals surface area contributed by atoms with E-state index in [0.29, 0.717) is 5.92 Å². The minimum Gasteiger partial charge on any atom is -0.369 e. The van der Waals surface area contributed by atoms with Gasteiger partial charge in [-0.3, -0.25) is 4.99 Å². The average molecular weight is 650 g/mol. The molecule has 2 heterocycles. The summed E-state index contributed by atoms with van der Waals surface area (Å²) >= 11 is 0. The van der Waals surface area contributed by atoms with Gasteiger partial charge in [0.05, 0.1) is 11.4 Å². The third-order valence-corrected chi connectivity index (χ3v) is 10.5. The molecule has 0 fully saturated rings. The van der Waals surface area contributed by atoms with Gasteiger partial charge in [0.1, 0.15) is 6.17 Å². The van der Waals surface area contributed by atoms with Crippen molar-refractivity contribution in [1.29, 1.82) is 0 Å². The molecule has 0 radical (unpaired) electrons. The molecule has 0 saturated carbocycles. The molecule has 4 unspecified atom stereocenters. The molecule has 1 N–H and O–H groups in total. The van der Waals surface area contributed by atoms with Gasteiger partial charge in [0.15, 0.2) is 0 Å². The third kappa shape index (κ3) is 6.05. The first kappa shape index (κ1) is 31.6. The van der Waals surface area contributed by atoms with Crippen LogP contribution in [0, 0.1) is 5.92 Å². The maximum absolute atomic E-state index is 5.18. The van der Waals surface area contributed by atoms with Crippen LogP contribution in [0.25, 0.3) is 11.4 Å². The van der Waals surface area contributed by atoms with Crippen LogP contribution in [0.2, 0.25) is 0 Å². The van der Waals surface area contributed by atoms with Crippen molar-refractivity contribution in [2.45, 2.75) is 37.4 Å². The van der Waals surface area contributed by atoms with Gasteiger partial charge in [-0.1, -0.05) is 158 Å². The molecule has 0 amide bonds. The van der Waals surface area contributed by atoms with Crippen molar-refractivity contribution in [2.24, 2.45) is 10.9 Å². The number of allylic oxidation sites excluding steroid dienone is 10. The number of benzene rings is 4. The monoisotopic (exact) mass is 649 g/mol. The van der Waals surface area contributed by atoms with Gasteiger partial charge in [-0.2, -0.15) is 0 Å². The molecule has 246 valence electrons. The Morgan fingerprint density at radius 1 is 0.820 bits per heavy atom. The summed E-state index contributed by atoms with van der Waals surface area (Å²) in [5.41, 5.74) is 13.3. The van der Waals surface area contributed by atoms with Gasteiger partial charge in [0, 0.05) is 41.8 Å². The number of fused-ring (bicyclic) bond motifs is 1. The van der Waals surface area contributed by atoms with Crippen LogP contribution >= 0.6 is 0 Å². The number of rotatable bonds is 7. The standard InChI is InChI=1S/C47H43N3/c1-3-39(33-19-8-4-9-20-33)46-41-30-17-16-29-40(41)44(45(50(46)2)35-23-12-6-13-24-35)38-28-18-27-37(31-38)43-32-42(34-21-10-5-11-22-34)48-47(49-43)36-25-14-7-15-26-36/h3-8,10-19,21-23,25-32,35,44-45,47,49H,1,9,20,24H2,2H3/b46-39+. The number of aliphatic imine (C=N–C) groups is 1. The molecule has 3 heteroatoms.